The van der Waals surface area contributed by atoms with Gasteiger partial charge in [0, 0.05) is 5.39 Å². The Morgan fingerprint density at radius 3 is 2.54 bits per heavy atom. The number of esters is 1. The number of anilines is 2. The van der Waals surface area contributed by atoms with E-state index < -0.39 is 11.9 Å². The van der Waals surface area contributed by atoms with Crippen LogP contribution < -0.4 is 15.8 Å². The van der Waals surface area contributed by atoms with Crippen LogP contribution in [0.4, 0.5) is 11.5 Å². The van der Waals surface area contributed by atoms with Crippen LogP contribution in [0.5, 0.6) is 5.75 Å². The lowest BCUT2D eigenvalue weighted by Crippen LogP contribution is -2.15. The predicted octanol–water partition coefficient (Wildman–Crippen LogP) is 3.57. The third kappa shape index (κ3) is 3.39. The molecule has 10 heteroatoms. The molecule has 144 valence electrons. The van der Waals surface area contributed by atoms with Crippen LogP contribution in [-0.2, 0) is 4.74 Å². The monoisotopic (exact) mass is 420 g/mol. The van der Waals surface area contributed by atoms with Gasteiger partial charge in [0.2, 0.25) is 0 Å². The van der Waals surface area contributed by atoms with Crippen molar-refractivity contribution in [3.8, 4) is 5.75 Å². The molecule has 0 saturated heterocycles. The lowest BCUT2D eigenvalue weighted by atomic mass is 10.1. The standard InChI is InChI=1S/C18H14Cl2N4O4/c1-27-11-6-10(18(26)28-2)12(19)15(13(11)20)24-17(25)9-5-3-4-8-14(9)22-7-23-16(8)21/h3-7H,1-2H3,(H,24,25)(H2,21,22,23). The Morgan fingerprint density at radius 2 is 1.86 bits per heavy atom. The van der Waals surface area contributed by atoms with Gasteiger partial charge in [-0.2, -0.15) is 0 Å². The number of nitrogens with two attached hydrogens (primary N) is 1. The number of carbonyl (C=O) groups excluding carboxylic acids is 2. The maximum Gasteiger partial charge on any atom is 0.339 e. The molecular formula is C18H14Cl2N4O4. The molecule has 0 unspecified atom stereocenters. The molecular weight excluding hydrogens is 407 g/mol. The van der Waals surface area contributed by atoms with Crippen LogP contribution >= 0.6 is 23.2 Å². The maximum atomic E-state index is 12.9. The fraction of sp³-hybridized carbons (Fsp3) is 0.111. The largest absolute Gasteiger partial charge is 0.495 e. The Hall–Kier alpha value is -3.10. The molecule has 1 heterocycles. The maximum absolute atomic E-state index is 12.9. The summed E-state index contributed by atoms with van der Waals surface area (Å²) in [5, 5.41) is 3.08. The summed E-state index contributed by atoms with van der Waals surface area (Å²) in [6.45, 7) is 0. The molecule has 0 radical (unpaired) electrons. The lowest BCUT2D eigenvalue weighted by Gasteiger charge is -2.15. The van der Waals surface area contributed by atoms with Gasteiger partial charge in [-0.1, -0.05) is 29.3 Å². The summed E-state index contributed by atoms with van der Waals surface area (Å²) in [6.07, 6.45) is 1.26. The number of rotatable bonds is 4. The highest BCUT2D eigenvalue weighted by Crippen LogP contribution is 2.41. The van der Waals surface area contributed by atoms with E-state index in [9.17, 15) is 9.59 Å². The summed E-state index contributed by atoms with van der Waals surface area (Å²) in [4.78, 5) is 32.9. The van der Waals surface area contributed by atoms with Gasteiger partial charge in [0.1, 0.15) is 22.9 Å². The summed E-state index contributed by atoms with van der Waals surface area (Å²) in [5.74, 6) is -0.881. The quantitative estimate of drug-likeness (QED) is 0.619. The van der Waals surface area contributed by atoms with E-state index in [0.29, 0.717) is 10.9 Å². The van der Waals surface area contributed by atoms with Crippen LogP contribution in [-0.4, -0.2) is 36.1 Å². The van der Waals surface area contributed by atoms with E-state index in [1.165, 1.54) is 26.6 Å². The molecule has 8 nitrogen and oxygen atoms in total. The molecule has 0 aliphatic carbocycles. The van der Waals surface area contributed by atoms with Gasteiger partial charge in [-0.3, -0.25) is 4.79 Å². The van der Waals surface area contributed by atoms with Crippen LogP contribution in [0.2, 0.25) is 10.0 Å². The minimum Gasteiger partial charge on any atom is -0.495 e. The summed E-state index contributed by atoms with van der Waals surface area (Å²) in [5.41, 5.74) is 6.42. The Balaban J connectivity index is 2.11. The van der Waals surface area contributed by atoms with Gasteiger partial charge >= 0.3 is 5.97 Å². The van der Waals surface area contributed by atoms with Crippen molar-refractivity contribution < 1.29 is 19.1 Å². The van der Waals surface area contributed by atoms with Crippen molar-refractivity contribution in [1.82, 2.24) is 9.97 Å². The van der Waals surface area contributed by atoms with E-state index >= 15 is 0 Å². The zero-order chi connectivity index (χ0) is 20.4. The number of methoxy groups -OCH3 is 2. The molecule has 3 N–H and O–H groups in total. The van der Waals surface area contributed by atoms with Crippen LogP contribution in [0.25, 0.3) is 10.9 Å². The SMILES string of the molecule is COC(=O)c1cc(OC)c(Cl)c(NC(=O)c2cccc3c(N)ncnc23)c1Cl. The molecule has 3 aromatic rings. The first-order valence-electron chi connectivity index (χ1n) is 7.83. The van der Waals surface area contributed by atoms with Gasteiger partial charge in [-0.25, -0.2) is 14.8 Å². The van der Waals surface area contributed by atoms with E-state index in [1.807, 2.05) is 0 Å². The van der Waals surface area contributed by atoms with Crippen LogP contribution in [0.1, 0.15) is 20.7 Å². The van der Waals surface area contributed by atoms with Gasteiger partial charge in [-0.15, -0.1) is 0 Å². The van der Waals surface area contributed by atoms with Crippen molar-refractivity contribution in [3.63, 3.8) is 0 Å². The molecule has 1 aromatic heterocycles. The third-order valence-electron chi connectivity index (χ3n) is 3.97. The smallest absolute Gasteiger partial charge is 0.339 e. The van der Waals surface area contributed by atoms with Crippen molar-refractivity contribution in [1.29, 1.82) is 0 Å². The first-order valence-corrected chi connectivity index (χ1v) is 8.59. The van der Waals surface area contributed by atoms with Crippen molar-refractivity contribution in [2.45, 2.75) is 0 Å². The number of hydrogen-bond donors (Lipinski definition) is 2. The molecule has 28 heavy (non-hydrogen) atoms. The molecule has 0 spiro atoms. The normalized spacial score (nSPS) is 10.6. The topological polar surface area (TPSA) is 116 Å². The van der Waals surface area contributed by atoms with Gasteiger partial charge in [0.15, 0.2) is 0 Å². The Kier molecular flexibility index (Phi) is 5.53. The number of nitrogens with one attached hydrogen (secondary N) is 1. The summed E-state index contributed by atoms with van der Waals surface area (Å²) in [6, 6.07) is 6.24. The molecule has 0 aliphatic heterocycles. The average Bonchev–Trinajstić information content (AvgIpc) is 2.70. The highest BCUT2D eigenvalue weighted by atomic mass is 35.5. The number of nitrogen functional groups attached to an aromatic ring is 1. The molecule has 2 aromatic carbocycles. The first kappa shape index (κ1) is 19.7. The van der Waals surface area contributed by atoms with E-state index in [4.69, 9.17) is 38.4 Å². The van der Waals surface area contributed by atoms with Gasteiger partial charge in [0.05, 0.1) is 41.6 Å². The fourth-order valence-corrected chi connectivity index (χ4v) is 3.20. The molecule has 1 amide bonds. The number of benzene rings is 2. The molecule has 3 rings (SSSR count). The number of aromatic nitrogens is 2. The number of para-hydroxylation sites is 1. The number of ether oxygens (including phenoxy) is 2. The van der Waals surface area contributed by atoms with Gasteiger partial charge in [-0.05, 0) is 18.2 Å². The fourth-order valence-electron chi connectivity index (χ4n) is 2.60. The second-order valence-electron chi connectivity index (χ2n) is 5.54. The van der Waals surface area contributed by atoms with E-state index in [1.54, 1.807) is 18.2 Å². The molecule has 0 bridgehead atoms. The highest BCUT2D eigenvalue weighted by Gasteiger charge is 2.23. The van der Waals surface area contributed by atoms with E-state index in [0.717, 1.165) is 0 Å². The highest BCUT2D eigenvalue weighted by molar-refractivity contribution is 6.42. The number of halogens is 2. The second kappa shape index (κ2) is 7.87. The Bertz CT molecular complexity index is 1100. The second-order valence-corrected chi connectivity index (χ2v) is 6.29. The van der Waals surface area contributed by atoms with Crippen LogP contribution in [0, 0.1) is 0 Å². The lowest BCUT2D eigenvalue weighted by molar-refractivity contribution is 0.0600. The van der Waals surface area contributed by atoms with E-state index in [-0.39, 0.29) is 38.4 Å². The average molecular weight is 421 g/mol. The number of carbonyl (C=O) groups is 2. The minimum absolute atomic E-state index is 0.00659. The van der Waals surface area contributed by atoms with Crippen molar-refractivity contribution in [2.75, 3.05) is 25.3 Å². The third-order valence-corrected chi connectivity index (χ3v) is 4.74. The van der Waals surface area contributed by atoms with Gasteiger partial charge in [0.25, 0.3) is 5.91 Å². The number of fused-ring (bicyclic) bond motifs is 1. The molecule has 0 aliphatic rings. The predicted molar refractivity (Wildman–Crippen MR) is 106 cm³/mol. The van der Waals surface area contributed by atoms with Crippen LogP contribution in [0.15, 0.2) is 30.6 Å². The summed E-state index contributed by atoms with van der Waals surface area (Å²) < 4.78 is 9.87. The van der Waals surface area contributed by atoms with Crippen molar-refractivity contribution in [2.24, 2.45) is 0 Å². The summed E-state index contributed by atoms with van der Waals surface area (Å²) in [7, 11) is 2.57. The Morgan fingerprint density at radius 1 is 1.11 bits per heavy atom. The zero-order valence-electron chi connectivity index (χ0n) is 14.7. The molecule has 0 saturated carbocycles. The molecule has 0 atom stereocenters. The molecule has 0 fully saturated rings. The first-order chi connectivity index (χ1) is 13.4. The van der Waals surface area contributed by atoms with Crippen molar-refractivity contribution >= 4 is 57.5 Å². The number of hydrogen-bond acceptors (Lipinski definition) is 7. The van der Waals surface area contributed by atoms with Crippen LogP contribution in [0.3, 0.4) is 0 Å². The van der Waals surface area contributed by atoms with Gasteiger partial charge < -0.3 is 20.5 Å². The number of nitrogens with zero attached hydrogens (tertiary/aromatic N) is 2. The zero-order valence-corrected chi connectivity index (χ0v) is 16.3. The van der Waals surface area contributed by atoms with E-state index in [2.05, 4.69) is 15.3 Å². The summed E-state index contributed by atoms with van der Waals surface area (Å²) >= 11 is 12.6. The van der Waals surface area contributed by atoms with Crippen molar-refractivity contribution in [3.05, 3.63) is 51.8 Å². The Labute approximate surface area is 169 Å². The number of amides is 1. The minimum atomic E-state index is -0.707.